The van der Waals surface area contributed by atoms with Crippen molar-refractivity contribution in [2.75, 3.05) is 4.90 Å². The van der Waals surface area contributed by atoms with Gasteiger partial charge in [-0.1, -0.05) is 176 Å². The van der Waals surface area contributed by atoms with E-state index >= 15 is 0 Å². The average Bonchev–Trinajstić information content (AvgIpc) is 3.65. The number of anilines is 3. The van der Waals surface area contributed by atoms with Crippen LogP contribution >= 0.6 is 0 Å². The van der Waals surface area contributed by atoms with Crippen LogP contribution in [0.5, 0.6) is 0 Å². The Morgan fingerprint density at radius 1 is 0.333 bits per heavy atom. The zero-order chi connectivity index (χ0) is 35.8. The smallest absolute Gasteiger partial charge is 0.145 e. The molecule has 1 aromatic heterocycles. The van der Waals surface area contributed by atoms with E-state index in [4.69, 9.17) is 4.42 Å². The van der Waals surface area contributed by atoms with Crippen molar-refractivity contribution < 1.29 is 4.42 Å². The van der Waals surface area contributed by atoms with Crippen molar-refractivity contribution in [2.24, 2.45) is 0 Å². The summed E-state index contributed by atoms with van der Waals surface area (Å²) in [5, 5.41) is 4.56. The highest BCUT2D eigenvalue weighted by Gasteiger charge is 2.24. The Morgan fingerprint density at radius 2 is 0.907 bits per heavy atom. The molecule has 10 aromatic rings. The van der Waals surface area contributed by atoms with E-state index in [0.717, 1.165) is 66.8 Å². The summed E-state index contributed by atoms with van der Waals surface area (Å²) in [5.41, 5.74) is 14.2. The summed E-state index contributed by atoms with van der Waals surface area (Å²) in [6.45, 7) is 0. The van der Waals surface area contributed by atoms with E-state index in [0.29, 0.717) is 0 Å². The third kappa shape index (κ3) is 5.53. The van der Waals surface area contributed by atoms with Gasteiger partial charge < -0.3 is 9.32 Å². The number of rotatable bonds is 7. The first-order valence-corrected chi connectivity index (χ1v) is 18.4. The van der Waals surface area contributed by atoms with Crippen LogP contribution in [0.2, 0.25) is 0 Å². The molecular weight excluding hydrogens is 655 g/mol. The van der Waals surface area contributed by atoms with Gasteiger partial charge in [0.15, 0.2) is 0 Å². The Labute approximate surface area is 314 Å². The number of benzene rings is 9. The molecule has 0 aliphatic carbocycles. The molecule has 2 nitrogen and oxygen atoms in total. The van der Waals surface area contributed by atoms with Crippen molar-refractivity contribution in [3.05, 3.63) is 212 Å². The van der Waals surface area contributed by atoms with Gasteiger partial charge in [0, 0.05) is 22.2 Å². The van der Waals surface area contributed by atoms with Crippen molar-refractivity contribution in [3.8, 4) is 44.5 Å². The molecule has 54 heavy (non-hydrogen) atoms. The molecule has 9 aromatic carbocycles. The third-order valence-corrected chi connectivity index (χ3v) is 10.5. The molecule has 0 unspecified atom stereocenters. The molecule has 0 N–H and O–H groups in total. The maximum atomic E-state index is 6.89. The SMILES string of the molecule is c1ccc(-c2ccc(-c3ccccc3N(c3cccc(-c4ccccc4)c3)c3ccc(-c4cccc5ccccc45)c4oc5ccccc5c34)cc2)cc1. The van der Waals surface area contributed by atoms with Crippen molar-refractivity contribution in [1.82, 2.24) is 0 Å². The maximum Gasteiger partial charge on any atom is 0.145 e. The first kappa shape index (κ1) is 31.6. The Kier molecular flexibility index (Phi) is 7.85. The van der Waals surface area contributed by atoms with Crippen LogP contribution in [0.4, 0.5) is 17.1 Å². The monoisotopic (exact) mass is 689 g/mol. The molecule has 0 aliphatic heterocycles. The number of hydrogen-bond donors (Lipinski definition) is 0. The fourth-order valence-electron chi connectivity index (χ4n) is 7.92. The second-order valence-corrected chi connectivity index (χ2v) is 13.7. The summed E-state index contributed by atoms with van der Waals surface area (Å²) < 4.78 is 6.89. The van der Waals surface area contributed by atoms with Gasteiger partial charge in [-0.15, -0.1) is 0 Å². The van der Waals surface area contributed by atoms with E-state index in [2.05, 4.69) is 217 Å². The summed E-state index contributed by atoms with van der Waals surface area (Å²) in [6.07, 6.45) is 0. The second kappa shape index (κ2) is 13.4. The minimum Gasteiger partial charge on any atom is -0.455 e. The van der Waals surface area contributed by atoms with Crippen LogP contribution in [-0.4, -0.2) is 0 Å². The zero-order valence-electron chi connectivity index (χ0n) is 29.6. The average molecular weight is 690 g/mol. The topological polar surface area (TPSA) is 16.4 Å². The predicted octanol–water partition coefficient (Wildman–Crippen LogP) is 14.9. The first-order chi connectivity index (χ1) is 26.8. The molecule has 0 atom stereocenters. The Hall–Kier alpha value is -7.16. The summed E-state index contributed by atoms with van der Waals surface area (Å²) in [4.78, 5) is 2.42. The van der Waals surface area contributed by atoms with Gasteiger partial charge in [0.05, 0.1) is 16.8 Å². The molecule has 0 bridgehead atoms. The van der Waals surface area contributed by atoms with E-state index in [-0.39, 0.29) is 0 Å². The molecule has 1 heterocycles. The van der Waals surface area contributed by atoms with Gasteiger partial charge in [-0.05, 0) is 80.6 Å². The highest BCUT2D eigenvalue weighted by atomic mass is 16.3. The number of fused-ring (bicyclic) bond motifs is 4. The van der Waals surface area contributed by atoms with Crippen LogP contribution in [0.25, 0.3) is 77.2 Å². The molecule has 254 valence electrons. The highest BCUT2D eigenvalue weighted by Crippen LogP contribution is 2.49. The molecule has 0 aliphatic rings. The van der Waals surface area contributed by atoms with E-state index in [1.54, 1.807) is 0 Å². The van der Waals surface area contributed by atoms with Gasteiger partial charge in [-0.25, -0.2) is 0 Å². The summed E-state index contributed by atoms with van der Waals surface area (Å²) in [6, 6.07) is 75.8. The molecule has 0 amide bonds. The Balaban J connectivity index is 1.23. The lowest BCUT2D eigenvalue weighted by Gasteiger charge is -2.29. The quantitative estimate of drug-likeness (QED) is 0.166. The van der Waals surface area contributed by atoms with Crippen LogP contribution in [0, 0.1) is 0 Å². The second-order valence-electron chi connectivity index (χ2n) is 13.7. The molecule has 0 spiro atoms. The number of para-hydroxylation sites is 2. The maximum absolute atomic E-state index is 6.89. The number of hydrogen-bond acceptors (Lipinski definition) is 2. The van der Waals surface area contributed by atoms with Crippen LogP contribution < -0.4 is 4.90 Å². The lowest BCUT2D eigenvalue weighted by atomic mass is 9.94. The van der Waals surface area contributed by atoms with E-state index in [1.807, 2.05) is 0 Å². The summed E-state index contributed by atoms with van der Waals surface area (Å²) in [7, 11) is 0. The summed E-state index contributed by atoms with van der Waals surface area (Å²) in [5.74, 6) is 0. The van der Waals surface area contributed by atoms with Crippen molar-refractivity contribution >= 4 is 49.8 Å². The molecule has 0 radical (unpaired) electrons. The van der Waals surface area contributed by atoms with Gasteiger partial charge in [0.25, 0.3) is 0 Å². The molecule has 0 fully saturated rings. The number of nitrogens with zero attached hydrogens (tertiary/aromatic N) is 1. The molecular formula is C52H35NO. The highest BCUT2D eigenvalue weighted by molar-refractivity contribution is 6.19. The predicted molar refractivity (Wildman–Crippen MR) is 228 cm³/mol. The normalized spacial score (nSPS) is 11.3. The minimum absolute atomic E-state index is 0.865. The summed E-state index contributed by atoms with van der Waals surface area (Å²) >= 11 is 0. The first-order valence-electron chi connectivity index (χ1n) is 18.4. The van der Waals surface area contributed by atoms with Gasteiger partial charge in [-0.2, -0.15) is 0 Å². The lowest BCUT2D eigenvalue weighted by Crippen LogP contribution is -2.12. The van der Waals surface area contributed by atoms with Gasteiger partial charge in [-0.3, -0.25) is 0 Å². The van der Waals surface area contributed by atoms with Gasteiger partial charge in [0.2, 0.25) is 0 Å². The molecule has 0 saturated carbocycles. The third-order valence-electron chi connectivity index (χ3n) is 10.5. The molecule has 2 heteroatoms. The number of furan rings is 1. The fraction of sp³-hybridized carbons (Fsp3) is 0. The zero-order valence-corrected chi connectivity index (χ0v) is 29.6. The molecule has 10 rings (SSSR count). The Bertz CT molecular complexity index is 2920. The van der Waals surface area contributed by atoms with E-state index in [9.17, 15) is 0 Å². The van der Waals surface area contributed by atoms with Crippen LogP contribution in [0.3, 0.4) is 0 Å². The fourth-order valence-corrected chi connectivity index (χ4v) is 7.92. The van der Waals surface area contributed by atoms with Crippen LogP contribution in [0.15, 0.2) is 217 Å². The molecule has 0 saturated heterocycles. The van der Waals surface area contributed by atoms with E-state index in [1.165, 1.54) is 27.5 Å². The van der Waals surface area contributed by atoms with Crippen molar-refractivity contribution in [1.29, 1.82) is 0 Å². The van der Waals surface area contributed by atoms with Gasteiger partial charge in [0.1, 0.15) is 11.2 Å². The lowest BCUT2D eigenvalue weighted by molar-refractivity contribution is 0.670. The van der Waals surface area contributed by atoms with Crippen molar-refractivity contribution in [3.63, 3.8) is 0 Å². The van der Waals surface area contributed by atoms with Crippen LogP contribution in [-0.2, 0) is 0 Å². The van der Waals surface area contributed by atoms with Crippen LogP contribution in [0.1, 0.15) is 0 Å². The largest absolute Gasteiger partial charge is 0.455 e. The van der Waals surface area contributed by atoms with Gasteiger partial charge >= 0.3 is 0 Å². The standard InChI is InChI=1S/C52H35NO/c1-3-15-36(16-4-1)38-29-31-40(32-30-38)44-24-9-11-27-48(44)53(42-22-13-21-41(35-42)37-17-5-2-6-18-37)49-34-33-46(45-26-14-20-39-19-7-8-23-43(39)45)52-51(49)47-25-10-12-28-50(47)54-52/h1-35H. The Morgan fingerprint density at radius 3 is 1.72 bits per heavy atom. The van der Waals surface area contributed by atoms with Crippen molar-refractivity contribution in [2.45, 2.75) is 0 Å². The van der Waals surface area contributed by atoms with E-state index < -0.39 is 0 Å². The minimum atomic E-state index is 0.865.